The van der Waals surface area contributed by atoms with Crippen molar-refractivity contribution in [1.29, 1.82) is 0 Å². The Labute approximate surface area is 122 Å². The summed E-state index contributed by atoms with van der Waals surface area (Å²) in [5, 5.41) is 5.57. The highest BCUT2D eigenvalue weighted by atomic mass is 32.2. The molecule has 0 amide bonds. The molecule has 0 bridgehead atoms. The fourth-order valence-corrected chi connectivity index (χ4v) is 2.59. The van der Waals surface area contributed by atoms with Crippen molar-refractivity contribution in [2.75, 3.05) is 6.26 Å². The van der Waals surface area contributed by atoms with Crippen LogP contribution in [0, 0.1) is 6.92 Å². The Morgan fingerprint density at radius 2 is 1.65 bits per heavy atom. The molecule has 0 N–H and O–H groups in total. The molecule has 0 saturated carbocycles. The van der Waals surface area contributed by atoms with Gasteiger partial charge in [-0.1, -0.05) is 60.3 Å². The molecule has 4 heteroatoms. The van der Waals surface area contributed by atoms with Crippen LogP contribution in [0.4, 0.5) is 0 Å². The van der Waals surface area contributed by atoms with E-state index in [0.717, 1.165) is 22.2 Å². The number of thioether (sulfide) groups is 1. The summed E-state index contributed by atoms with van der Waals surface area (Å²) in [6.45, 7) is 2.09. The Morgan fingerprint density at radius 1 is 0.950 bits per heavy atom. The molecule has 0 spiro atoms. The van der Waals surface area contributed by atoms with Crippen molar-refractivity contribution in [3.63, 3.8) is 0 Å². The van der Waals surface area contributed by atoms with Gasteiger partial charge < -0.3 is 0 Å². The number of aromatic nitrogens is 3. The molecular weight excluding hydrogens is 266 g/mol. The monoisotopic (exact) mass is 281 g/mol. The van der Waals surface area contributed by atoms with E-state index in [4.69, 9.17) is 0 Å². The molecule has 0 atom stereocenters. The van der Waals surface area contributed by atoms with Crippen LogP contribution in [0.5, 0.6) is 0 Å². The first kappa shape index (κ1) is 12.9. The largest absolute Gasteiger partial charge is 0.207 e. The fraction of sp³-hybridized carbons (Fsp3) is 0.125. The Morgan fingerprint density at radius 3 is 2.35 bits per heavy atom. The number of para-hydroxylation sites is 1. The molecular formula is C16H15N3S. The van der Waals surface area contributed by atoms with Gasteiger partial charge in [0.1, 0.15) is 0 Å². The van der Waals surface area contributed by atoms with Gasteiger partial charge in [0.05, 0.1) is 5.69 Å². The summed E-state index contributed by atoms with van der Waals surface area (Å²) in [7, 11) is 0. The Hall–Kier alpha value is -2.07. The van der Waals surface area contributed by atoms with Gasteiger partial charge in [0.25, 0.3) is 0 Å². The molecule has 2 aromatic carbocycles. The van der Waals surface area contributed by atoms with Crippen molar-refractivity contribution in [3.05, 3.63) is 60.2 Å². The predicted molar refractivity (Wildman–Crippen MR) is 83.3 cm³/mol. The molecule has 3 nitrogen and oxygen atoms in total. The van der Waals surface area contributed by atoms with Crippen LogP contribution in [-0.4, -0.2) is 21.0 Å². The highest BCUT2D eigenvalue weighted by Crippen LogP contribution is 2.24. The molecule has 0 fully saturated rings. The van der Waals surface area contributed by atoms with Crippen LogP contribution >= 0.6 is 11.8 Å². The quantitative estimate of drug-likeness (QED) is 0.681. The molecule has 20 heavy (non-hydrogen) atoms. The zero-order valence-electron chi connectivity index (χ0n) is 11.4. The first-order valence-corrected chi connectivity index (χ1v) is 7.64. The van der Waals surface area contributed by atoms with Gasteiger partial charge in [0.2, 0.25) is 0 Å². The summed E-state index contributed by atoms with van der Waals surface area (Å²) in [5.74, 6) is 0.762. The average Bonchev–Trinajstić information content (AvgIpc) is 2.93. The fourth-order valence-electron chi connectivity index (χ4n) is 2.10. The molecule has 1 aromatic heterocycles. The van der Waals surface area contributed by atoms with Gasteiger partial charge >= 0.3 is 0 Å². The lowest BCUT2D eigenvalue weighted by Gasteiger charge is -2.06. The first-order valence-electron chi connectivity index (χ1n) is 6.42. The van der Waals surface area contributed by atoms with Crippen LogP contribution < -0.4 is 0 Å². The maximum Gasteiger partial charge on any atom is 0.191 e. The molecule has 1 heterocycles. The van der Waals surface area contributed by atoms with Crippen LogP contribution in [0.3, 0.4) is 0 Å². The van der Waals surface area contributed by atoms with E-state index in [0.29, 0.717) is 0 Å². The van der Waals surface area contributed by atoms with Crippen LogP contribution in [0.15, 0.2) is 59.8 Å². The van der Waals surface area contributed by atoms with Crippen molar-refractivity contribution in [2.45, 2.75) is 12.1 Å². The van der Waals surface area contributed by atoms with Gasteiger partial charge in [-0.05, 0) is 24.8 Å². The number of hydrogen-bond acceptors (Lipinski definition) is 3. The molecule has 0 unspecified atom stereocenters. The molecule has 100 valence electrons. The highest BCUT2D eigenvalue weighted by molar-refractivity contribution is 7.98. The third-order valence-corrected chi connectivity index (χ3v) is 3.77. The molecule has 0 aliphatic carbocycles. The molecule has 0 aliphatic heterocycles. The van der Waals surface area contributed by atoms with Crippen LogP contribution in [0.2, 0.25) is 0 Å². The van der Waals surface area contributed by atoms with Gasteiger partial charge in [0.15, 0.2) is 11.0 Å². The second-order valence-electron chi connectivity index (χ2n) is 4.49. The van der Waals surface area contributed by atoms with Crippen molar-refractivity contribution in [3.8, 4) is 17.1 Å². The summed E-state index contributed by atoms with van der Waals surface area (Å²) in [4.78, 5) is 4.63. The zero-order valence-corrected chi connectivity index (χ0v) is 12.3. The number of benzene rings is 2. The van der Waals surface area contributed by atoms with Crippen LogP contribution in [0.1, 0.15) is 5.56 Å². The average molecular weight is 281 g/mol. The van der Waals surface area contributed by atoms with Crippen molar-refractivity contribution < 1.29 is 0 Å². The maximum absolute atomic E-state index is 4.67. The summed E-state index contributed by atoms with van der Waals surface area (Å²) in [5.41, 5.74) is 3.30. The second kappa shape index (κ2) is 5.51. The lowest BCUT2D eigenvalue weighted by molar-refractivity contribution is 0.782. The van der Waals surface area contributed by atoms with Gasteiger partial charge in [-0.25, -0.2) is 9.67 Å². The van der Waals surface area contributed by atoms with Crippen LogP contribution in [0.25, 0.3) is 17.1 Å². The Bertz CT molecular complexity index is 720. The standard InChI is InChI=1S/C16H15N3S/c1-12-8-6-7-11-14(12)19-16(20-2)17-15(18-19)13-9-4-3-5-10-13/h3-11H,1-2H3. The summed E-state index contributed by atoms with van der Waals surface area (Å²) >= 11 is 1.60. The third kappa shape index (κ3) is 2.34. The van der Waals surface area contributed by atoms with Crippen molar-refractivity contribution >= 4 is 11.8 Å². The van der Waals surface area contributed by atoms with E-state index >= 15 is 0 Å². The highest BCUT2D eigenvalue weighted by Gasteiger charge is 2.13. The predicted octanol–water partition coefficient (Wildman–Crippen LogP) is 3.96. The molecule has 3 aromatic rings. The SMILES string of the molecule is CSc1nc(-c2ccccc2)nn1-c1ccccc1C. The van der Waals surface area contributed by atoms with Gasteiger partial charge in [-0.3, -0.25) is 0 Å². The first-order chi connectivity index (χ1) is 9.79. The Kier molecular flexibility index (Phi) is 3.56. The minimum atomic E-state index is 0.762. The van der Waals surface area contributed by atoms with Gasteiger partial charge in [-0.15, -0.1) is 5.10 Å². The minimum Gasteiger partial charge on any atom is -0.207 e. The van der Waals surface area contributed by atoms with E-state index in [9.17, 15) is 0 Å². The van der Waals surface area contributed by atoms with Gasteiger partial charge in [-0.2, -0.15) is 0 Å². The number of nitrogens with zero attached hydrogens (tertiary/aromatic N) is 3. The molecule has 0 aliphatic rings. The molecule has 0 radical (unpaired) electrons. The van der Waals surface area contributed by atoms with Crippen molar-refractivity contribution in [2.24, 2.45) is 0 Å². The number of hydrogen-bond donors (Lipinski definition) is 0. The number of aryl methyl sites for hydroxylation is 1. The van der Waals surface area contributed by atoms with E-state index in [1.807, 2.05) is 53.4 Å². The van der Waals surface area contributed by atoms with Gasteiger partial charge in [0, 0.05) is 5.56 Å². The lowest BCUT2D eigenvalue weighted by atomic mass is 10.2. The normalized spacial score (nSPS) is 10.7. The lowest BCUT2D eigenvalue weighted by Crippen LogP contribution is -2.00. The van der Waals surface area contributed by atoms with E-state index in [1.54, 1.807) is 11.8 Å². The van der Waals surface area contributed by atoms with E-state index < -0.39 is 0 Å². The second-order valence-corrected chi connectivity index (χ2v) is 5.26. The summed E-state index contributed by atoms with van der Waals surface area (Å²) < 4.78 is 1.92. The summed E-state index contributed by atoms with van der Waals surface area (Å²) in [6.07, 6.45) is 2.02. The molecule has 0 saturated heterocycles. The zero-order chi connectivity index (χ0) is 13.9. The summed E-state index contributed by atoms with van der Waals surface area (Å²) in [6, 6.07) is 18.3. The van der Waals surface area contributed by atoms with Crippen molar-refractivity contribution in [1.82, 2.24) is 14.8 Å². The van der Waals surface area contributed by atoms with E-state index in [-0.39, 0.29) is 0 Å². The topological polar surface area (TPSA) is 30.7 Å². The van der Waals surface area contributed by atoms with E-state index in [2.05, 4.69) is 29.1 Å². The number of rotatable bonds is 3. The smallest absolute Gasteiger partial charge is 0.191 e. The van der Waals surface area contributed by atoms with Crippen LogP contribution in [-0.2, 0) is 0 Å². The minimum absolute atomic E-state index is 0.762. The Balaban J connectivity index is 2.13. The van der Waals surface area contributed by atoms with E-state index in [1.165, 1.54) is 5.56 Å². The molecule has 3 rings (SSSR count). The maximum atomic E-state index is 4.67. The third-order valence-electron chi connectivity index (χ3n) is 3.14.